The second kappa shape index (κ2) is 5.90. The summed E-state index contributed by atoms with van der Waals surface area (Å²) in [5, 5.41) is 19.8. The Morgan fingerprint density at radius 2 is 1.95 bits per heavy atom. The molecule has 7 nitrogen and oxygen atoms in total. The van der Waals surface area contributed by atoms with Crippen LogP contribution in [0.25, 0.3) is 0 Å². The van der Waals surface area contributed by atoms with Crippen LogP contribution in [0.4, 0.5) is 5.69 Å². The van der Waals surface area contributed by atoms with E-state index in [1.165, 1.54) is 29.2 Å². The Morgan fingerprint density at radius 3 is 2.48 bits per heavy atom. The van der Waals surface area contributed by atoms with Crippen LogP contribution in [-0.4, -0.2) is 39.4 Å². The van der Waals surface area contributed by atoms with Crippen LogP contribution in [0.2, 0.25) is 0 Å². The van der Waals surface area contributed by atoms with E-state index in [0.717, 1.165) is 6.42 Å². The molecule has 0 aliphatic carbocycles. The quantitative estimate of drug-likeness (QED) is 0.677. The van der Waals surface area contributed by atoms with Gasteiger partial charge in [-0.3, -0.25) is 14.9 Å². The number of hydrogen-bond acceptors (Lipinski definition) is 4. The van der Waals surface area contributed by atoms with Crippen LogP contribution in [0.5, 0.6) is 0 Å². The fourth-order valence-corrected chi connectivity index (χ4v) is 2.51. The number of carboxylic acid groups (broad SMARTS) is 1. The lowest BCUT2D eigenvalue weighted by atomic mass is 9.92. The molecule has 7 heteroatoms. The SMILES string of the molecule is CC1CCN(C(=O)c2ccc([N+](=O)[O-])cc2)C(C(=O)O)C1. The van der Waals surface area contributed by atoms with Crippen LogP contribution < -0.4 is 0 Å². The molecule has 1 saturated heterocycles. The number of nitro benzene ring substituents is 1. The van der Waals surface area contributed by atoms with Gasteiger partial charge in [-0.05, 0) is 30.9 Å². The lowest BCUT2D eigenvalue weighted by molar-refractivity contribution is -0.384. The predicted molar refractivity (Wildman–Crippen MR) is 74.0 cm³/mol. The first-order valence-corrected chi connectivity index (χ1v) is 6.68. The van der Waals surface area contributed by atoms with Gasteiger partial charge >= 0.3 is 5.97 Å². The number of carbonyl (C=O) groups excluding carboxylic acids is 1. The number of nitro groups is 1. The van der Waals surface area contributed by atoms with E-state index < -0.39 is 22.8 Å². The van der Waals surface area contributed by atoms with E-state index >= 15 is 0 Å². The third-order valence-electron chi connectivity index (χ3n) is 3.74. The molecule has 112 valence electrons. The van der Waals surface area contributed by atoms with Crippen molar-refractivity contribution in [2.24, 2.45) is 5.92 Å². The standard InChI is InChI=1S/C14H16N2O5/c1-9-6-7-15(12(8-9)14(18)19)13(17)10-2-4-11(5-3-10)16(20)21/h2-5,9,12H,6-8H2,1H3,(H,18,19). The van der Waals surface area contributed by atoms with Crippen molar-refractivity contribution in [3.8, 4) is 0 Å². The van der Waals surface area contributed by atoms with E-state index in [0.29, 0.717) is 13.0 Å². The number of likely N-dealkylation sites (tertiary alicyclic amines) is 1. The molecule has 1 aliphatic heterocycles. The molecule has 2 unspecified atom stereocenters. The van der Waals surface area contributed by atoms with Crippen molar-refractivity contribution < 1.29 is 19.6 Å². The molecule has 1 aromatic carbocycles. The summed E-state index contributed by atoms with van der Waals surface area (Å²) in [6, 6.07) is 4.37. The Balaban J connectivity index is 2.21. The largest absolute Gasteiger partial charge is 0.480 e. The zero-order chi connectivity index (χ0) is 15.6. The van der Waals surface area contributed by atoms with Crippen LogP contribution in [0.3, 0.4) is 0 Å². The molecule has 21 heavy (non-hydrogen) atoms. The Kier molecular flexibility index (Phi) is 4.21. The number of piperidine rings is 1. The van der Waals surface area contributed by atoms with E-state index in [1.807, 2.05) is 6.92 Å². The summed E-state index contributed by atoms with van der Waals surface area (Å²) in [7, 11) is 0. The summed E-state index contributed by atoms with van der Waals surface area (Å²) < 4.78 is 0. The number of carbonyl (C=O) groups is 2. The second-order valence-corrected chi connectivity index (χ2v) is 5.29. The molecule has 1 amide bonds. The molecule has 0 spiro atoms. The van der Waals surface area contributed by atoms with Gasteiger partial charge in [-0.2, -0.15) is 0 Å². The maximum Gasteiger partial charge on any atom is 0.326 e. The average molecular weight is 292 g/mol. The lowest BCUT2D eigenvalue weighted by Gasteiger charge is -2.36. The number of benzene rings is 1. The highest BCUT2D eigenvalue weighted by molar-refractivity contribution is 5.96. The summed E-state index contributed by atoms with van der Waals surface area (Å²) in [4.78, 5) is 35.1. The molecule has 0 aromatic heterocycles. The molecule has 1 N–H and O–H groups in total. The number of rotatable bonds is 3. The highest BCUT2D eigenvalue weighted by Gasteiger charge is 2.35. The Labute approximate surface area is 121 Å². The monoisotopic (exact) mass is 292 g/mol. The number of aliphatic carboxylic acids is 1. The number of non-ortho nitro benzene ring substituents is 1. The Bertz CT molecular complexity index is 569. The first-order valence-electron chi connectivity index (χ1n) is 6.68. The van der Waals surface area contributed by atoms with Gasteiger partial charge in [0, 0.05) is 24.2 Å². The van der Waals surface area contributed by atoms with E-state index in [-0.39, 0.29) is 17.2 Å². The minimum absolute atomic E-state index is 0.103. The third kappa shape index (κ3) is 3.18. The first kappa shape index (κ1) is 15.0. The van der Waals surface area contributed by atoms with Crippen molar-refractivity contribution in [3.63, 3.8) is 0 Å². The molecule has 1 aromatic rings. The van der Waals surface area contributed by atoms with Gasteiger partial charge in [0.15, 0.2) is 0 Å². The number of hydrogen-bond donors (Lipinski definition) is 1. The van der Waals surface area contributed by atoms with Gasteiger partial charge in [-0.15, -0.1) is 0 Å². The summed E-state index contributed by atoms with van der Waals surface area (Å²) in [5.74, 6) is -1.16. The zero-order valence-corrected chi connectivity index (χ0v) is 11.6. The molecule has 0 bridgehead atoms. The maximum atomic E-state index is 12.4. The van der Waals surface area contributed by atoms with Crippen molar-refractivity contribution in [3.05, 3.63) is 39.9 Å². The van der Waals surface area contributed by atoms with Gasteiger partial charge in [-0.1, -0.05) is 6.92 Å². The van der Waals surface area contributed by atoms with E-state index in [2.05, 4.69) is 0 Å². The van der Waals surface area contributed by atoms with E-state index in [9.17, 15) is 24.8 Å². The van der Waals surface area contributed by atoms with Gasteiger partial charge < -0.3 is 10.0 Å². The van der Waals surface area contributed by atoms with Crippen LogP contribution in [0.1, 0.15) is 30.1 Å². The van der Waals surface area contributed by atoms with Crippen LogP contribution in [0, 0.1) is 16.0 Å². The zero-order valence-electron chi connectivity index (χ0n) is 11.6. The van der Waals surface area contributed by atoms with Gasteiger partial charge in [0.2, 0.25) is 0 Å². The summed E-state index contributed by atoms with van der Waals surface area (Å²) in [5.41, 5.74) is 0.162. The topological polar surface area (TPSA) is 101 Å². The second-order valence-electron chi connectivity index (χ2n) is 5.29. The van der Waals surface area contributed by atoms with Gasteiger partial charge in [0.25, 0.3) is 11.6 Å². The van der Waals surface area contributed by atoms with Gasteiger partial charge in [0.05, 0.1) is 4.92 Å². The van der Waals surface area contributed by atoms with Crippen LogP contribution in [-0.2, 0) is 4.79 Å². The smallest absolute Gasteiger partial charge is 0.326 e. The van der Waals surface area contributed by atoms with Gasteiger partial charge in [0.1, 0.15) is 6.04 Å². The van der Waals surface area contributed by atoms with Crippen molar-refractivity contribution in [1.82, 2.24) is 4.90 Å². The molecule has 1 fully saturated rings. The fourth-order valence-electron chi connectivity index (χ4n) is 2.51. The van der Waals surface area contributed by atoms with E-state index in [1.54, 1.807) is 0 Å². The summed E-state index contributed by atoms with van der Waals surface area (Å²) >= 11 is 0. The van der Waals surface area contributed by atoms with Crippen molar-refractivity contribution in [1.29, 1.82) is 0 Å². The first-order chi connectivity index (χ1) is 9.90. The fraction of sp³-hybridized carbons (Fsp3) is 0.429. The molecule has 2 rings (SSSR count). The van der Waals surface area contributed by atoms with Crippen molar-refractivity contribution in [2.75, 3.05) is 6.54 Å². The average Bonchev–Trinajstić information content (AvgIpc) is 2.46. The molecular weight excluding hydrogens is 276 g/mol. The van der Waals surface area contributed by atoms with Gasteiger partial charge in [-0.25, -0.2) is 4.79 Å². The highest BCUT2D eigenvalue weighted by Crippen LogP contribution is 2.25. The summed E-state index contributed by atoms with van der Waals surface area (Å²) in [6.07, 6.45) is 1.18. The molecule has 2 atom stereocenters. The molecule has 0 saturated carbocycles. The Morgan fingerprint density at radius 1 is 1.33 bits per heavy atom. The van der Waals surface area contributed by atoms with Crippen LogP contribution >= 0.6 is 0 Å². The maximum absolute atomic E-state index is 12.4. The predicted octanol–water partition coefficient (Wildman–Crippen LogP) is 1.92. The molecule has 1 heterocycles. The van der Waals surface area contributed by atoms with Crippen molar-refractivity contribution in [2.45, 2.75) is 25.8 Å². The van der Waals surface area contributed by atoms with Crippen molar-refractivity contribution >= 4 is 17.6 Å². The van der Waals surface area contributed by atoms with E-state index in [4.69, 9.17) is 0 Å². The minimum atomic E-state index is -1.02. The minimum Gasteiger partial charge on any atom is -0.480 e. The number of amides is 1. The lowest BCUT2D eigenvalue weighted by Crippen LogP contribution is -2.49. The molecule has 0 radical (unpaired) electrons. The number of carboxylic acids is 1. The third-order valence-corrected chi connectivity index (χ3v) is 3.74. The normalized spacial score (nSPS) is 21.9. The highest BCUT2D eigenvalue weighted by atomic mass is 16.6. The Hall–Kier alpha value is -2.44. The molecular formula is C14H16N2O5. The molecule has 1 aliphatic rings. The summed E-state index contributed by atoms with van der Waals surface area (Å²) in [6.45, 7) is 2.34. The van der Waals surface area contributed by atoms with Crippen LogP contribution in [0.15, 0.2) is 24.3 Å². The number of nitrogens with zero attached hydrogens (tertiary/aromatic N) is 2.